The molecule has 0 unspecified atom stereocenters. The molecule has 0 N–H and O–H groups in total. The van der Waals surface area contributed by atoms with E-state index >= 15 is 0 Å². The molecular weight excluding hydrogens is 442 g/mol. The van der Waals surface area contributed by atoms with Crippen LogP contribution in [0.1, 0.15) is 50.9 Å². The van der Waals surface area contributed by atoms with Crippen molar-refractivity contribution < 1.29 is 9.53 Å². The molecule has 1 aromatic carbocycles. The van der Waals surface area contributed by atoms with Crippen molar-refractivity contribution >= 4 is 22.6 Å². The van der Waals surface area contributed by atoms with Crippen LogP contribution in [0.5, 0.6) is 0 Å². The quantitative estimate of drug-likeness (QED) is 0.414. The lowest BCUT2D eigenvalue weighted by Gasteiger charge is -2.34. The van der Waals surface area contributed by atoms with E-state index in [1.54, 1.807) is 15.8 Å². The highest BCUT2D eigenvalue weighted by atomic mass is 16.6. The number of benzene rings is 1. The number of carbonyl (C=O) groups excluding carboxylic acids is 1. The summed E-state index contributed by atoms with van der Waals surface area (Å²) in [4.78, 5) is 36.6. The molecule has 1 saturated heterocycles. The first-order valence-electron chi connectivity index (χ1n) is 12.0. The van der Waals surface area contributed by atoms with Crippen LogP contribution in [0.2, 0.25) is 0 Å². The number of aryl methyl sites for hydroxylation is 2. The van der Waals surface area contributed by atoms with E-state index in [1.165, 1.54) is 0 Å². The third-order valence-electron chi connectivity index (χ3n) is 6.48. The SMILES string of the molecule is Cc1cn2cc(-c3ccc4c(=O)n(C5CCN(C(=O)OC(C)(C)C)CC5)cnc4c3)cc(C)c2n1. The molecule has 8 nitrogen and oxygen atoms in total. The van der Waals surface area contributed by atoms with E-state index in [1.807, 2.05) is 56.5 Å². The summed E-state index contributed by atoms with van der Waals surface area (Å²) in [7, 11) is 0. The highest BCUT2D eigenvalue weighted by molar-refractivity contribution is 5.83. The molecule has 35 heavy (non-hydrogen) atoms. The summed E-state index contributed by atoms with van der Waals surface area (Å²) in [5, 5.41) is 0.599. The minimum absolute atomic E-state index is 0.00676. The molecule has 1 fully saturated rings. The summed E-state index contributed by atoms with van der Waals surface area (Å²) in [6.45, 7) is 10.7. The molecular formula is C27H31N5O3. The number of ether oxygens (including phenoxy) is 1. The normalized spacial score (nSPS) is 15.2. The minimum atomic E-state index is -0.520. The molecule has 8 heteroatoms. The van der Waals surface area contributed by atoms with Gasteiger partial charge in [0.1, 0.15) is 11.2 Å². The number of carbonyl (C=O) groups is 1. The van der Waals surface area contributed by atoms with Gasteiger partial charge in [0, 0.05) is 31.5 Å². The van der Waals surface area contributed by atoms with Gasteiger partial charge in [0.2, 0.25) is 0 Å². The first kappa shape index (κ1) is 23.1. The van der Waals surface area contributed by atoms with Gasteiger partial charge < -0.3 is 14.0 Å². The number of hydrogen-bond acceptors (Lipinski definition) is 5. The summed E-state index contributed by atoms with van der Waals surface area (Å²) < 4.78 is 9.24. The zero-order valence-electron chi connectivity index (χ0n) is 20.9. The molecule has 182 valence electrons. The fraction of sp³-hybridized carbons (Fsp3) is 0.407. The number of rotatable bonds is 2. The van der Waals surface area contributed by atoms with E-state index in [4.69, 9.17) is 4.74 Å². The Morgan fingerprint density at radius 1 is 1.06 bits per heavy atom. The molecule has 0 radical (unpaired) electrons. The Morgan fingerprint density at radius 2 is 1.80 bits per heavy atom. The van der Waals surface area contributed by atoms with Gasteiger partial charge in [-0.25, -0.2) is 14.8 Å². The number of pyridine rings is 1. The van der Waals surface area contributed by atoms with Crippen molar-refractivity contribution in [2.75, 3.05) is 13.1 Å². The van der Waals surface area contributed by atoms with E-state index < -0.39 is 5.60 Å². The number of hydrogen-bond donors (Lipinski definition) is 0. The van der Waals surface area contributed by atoms with Gasteiger partial charge in [-0.3, -0.25) is 9.36 Å². The first-order valence-corrected chi connectivity index (χ1v) is 12.0. The molecule has 4 heterocycles. The van der Waals surface area contributed by atoms with Crippen molar-refractivity contribution in [3.8, 4) is 11.1 Å². The Bertz CT molecular complexity index is 1490. The molecule has 5 rings (SSSR count). The third-order valence-corrected chi connectivity index (χ3v) is 6.48. The molecule has 0 spiro atoms. The van der Waals surface area contributed by atoms with Crippen molar-refractivity contribution in [2.45, 2.75) is 59.1 Å². The first-order chi connectivity index (χ1) is 16.6. The lowest BCUT2D eigenvalue weighted by atomic mass is 10.0. The second kappa shape index (κ2) is 8.52. The second-order valence-electron chi connectivity index (χ2n) is 10.4. The van der Waals surface area contributed by atoms with Gasteiger partial charge in [-0.1, -0.05) is 6.07 Å². The van der Waals surface area contributed by atoms with Crippen LogP contribution in [0.4, 0.5) is 4.79 Å². The van der Waals surface area contributed by atoms with Crippen LogP contribution in [0, 0.1) is 13.8 Å². The van der Waals surface area contributed by atoms with Crippen molar-refractivity contribution in [3.05, 3.63) is 64.6 Å². The van der Waals surface area contributed by atoms with Crippen LogP contribution in [-0.4, -0.2) is 48.6 Å². The fourth-order valence-corrected chi connectivity index (χ4v) is 4.78. The second-order valence-corrected chi connectivity index (χ2v) is 10.4. The summed E-state index contributed by atoms with van der Waals surface area (Å²) in [6.07, 6.45) is 6.80. The maximum atomic E-state index is 13.3. The third kappa shape index (κ3) is 4.52. The average molecular weight is 474 g/mol. The Kier molecular flexibility index (Phi) is 5.62. The monoisotopic (exact) mass is 473 g/mol. The number of fused-ring (bicyclic) bond motifs is 2. The number of amides is 1. The maximum absolute atomic E-state index is 13.3. The van der Waals surface area contributed by atoms with Gasteiger partial charge in [0.05, 0.1) is 22.9 Å². The number of imidazole rings is 1. The molecule has 4 aromatic rings. The summed E-state index contributed by atoms with van der Waals surface area (Å²) in [5.74, 6) is 0. The highest BCUT2D eigenvalue weighted by Crippen LogP contribution is 2.27. The Morgan fingerprint density at radius 3 is 2.51 bits per heavy atom. The summed E-state index contributed by atoms with van der Waals surface area (Å²) in [6, 6.07) is 7.93. The van der Waals surface area contributed by atoms with Crippen LogP contribution in [0.25, 0.3) is 27.7 Å². The minimum Gasteiger partial charge on any atom is -0.444 e. The van der Waals surface area contributed by atoms with Crippen molar-refractivity contribution in [3.63, 3.8) is 0 Å². The predicted molar refractivity (Wildman–Crippen MR) is 136 cm³/mol. The highest BCUT2D eigenvalue weighted by Gasteiger charge is 2.28. The van der Waals surface area contributed by atoms with E-state index in [-0.39, 0.29) is 17.7 Å². The van der Waals surface area contributed by atoms with Crippen molar-refractivity contribution in [1.29, 1.82) is 0 Å². The molecule has 1 aliphatic rings. The van der Waals surface area contributed by atoms with Gasteiger partial charge in [0.25, 0.3) is 5.56 Å². The summed E-state index contributed by atoms with van der Waals surface area (Å²) >= 11 is 0. The topological polar surface area (TPSA) is 81.7 Å². The van der Waals surface area contributed by atoms with E-state index in [0.717, 1.165) is 28.0 Å². The smallest absolute Gasteiger partial charge is 0.410 e. The number of aromatic nitrogens is 4. The zero-order chi connectivity index (χ0) is 24.9. The summed E-state index contributed by atoms with van der Waals surface area (Å²) in [5.41, 5.74) is 5.18. The van der Waals surface area contributed by atoms with Crippen molar-refractivity contribution in [1.82, 2.24) is 23.8 Å². The zero-order valence-corrected chi connectivity index (χ0v) is 20.9. The van der Waals surface area contributed by atoms with Crippen LogP contribution in [0.3, 0.4) is 0 Å². The molecule has 1 aliphatic heterocycles. The number of nitrogens with zero attached hydrogens (tertiary/aromatic N) is 5. The number of likely N-dealkylation sites (tertiary alicyclic amines) is 1. The molecule has 0 saturated carbocycles. The molecule has 1 amide bonds. The lowest BCUT2D eigenvalue weighted by molar-refractivity contribution is 0.0187. The Balaban J connectivity index is 1.39. The van der Waals surface area contributed by atoms with E-state index in [0.29, 0.717) is 36.8 Å². The van der Waals surface area contributed by atoms with E-state index in [9.17, 15) is 9.59 Å². The van der Waals surface area contributed by atoms with Crippen LogP contribution >= 0.6 is 0 Å². The van der Waals surface area contributed by atoms with Crippen molar-refractivity contribution in [2.24, 2.45) is 0 Å². The standard InChI is InChI=1S/C27H31N5O3/c1-17-12-20(15-31-14-18(2)29-24(17)31)19-6-7-22-23(13-19)28-16-32(25(22)33)21-8-10-30(11-9-21)26(34)35-27(3,4)5/h6-7,12-16,21H,8-11H2,1-5H3. The Labute approximate surface area is 204 Å². The largest absolute Gasteiger partial charge is 0.444 e. The van der Waals surface area contributed by atoms with Gasteiger partial charge in [-0.05, 0) is 82.3 Å². The number of piperidine rings is 1. The van der Waals surface area contributed by atoms with Gasteiger partial charge in [-0.15, -0.1) is 0 Å². The maximum Gasteiger partial charge on any atom is 0.410 e. The Hall–Kier alpha value is -3.68. The molecule has 0 atom stereocenters. The average Bonchev–Trinajstić information content (AvgIpc) is 3.19. The van der Waals surface area contributed by atoms with Gasteiger partial charge in [-0.2, -0.15) is 0 Å². The molecule has 3 aromatic heterocycles. The van der Waals surface area contributed by atoms with Crippen LogP contribution in [-0.2, 0) is 4.74 Å². The predicted octanol–water partition coefficient (Wildman–Crippen LogP) is 4.90. The van der Waals surface area contributed by atoms with Crippen LogP contribution in [0.15, 0.2) is 47.8 Å². The molecule has 0 aliphatic carbocycles. The van der Waals surface area contributed by atoms with E-state index in [2.05, 4.69) is 29.2 Å². The molecule has 0 bridgehead atoms. The lowest BCUT2D eigenvalue weighted by Crippen LogP contribution is -2.43. The van der Waals surface area contributed by atoms with Gasteiger partial charge >= 0.3 is 6.09 Å². The fourth-order valence-electron chi connectivity index (χ4n) is 4.78. The van der Waals surface area contributed by atoms with Crippen LogP contribution < -0.4 is 5.56 Å². The van der Waals surface area contributed by atoms with Gasteiger partial charge in [0.15, 0.2) is 0 Å².